The molecule has 0 saturated heterocycles. The van der Waals surface area contributed by atoms with E-state index in [0.29, 0.717) is 12.1 Å². The van der Waals surface area contributed by atoms with E-state index >= 15 is 0 Å². The van der Waals surface area contributed by atoms with Crippen LogP contribution in [0.2, 0.25) is 0 Å². The molecule has 2 N–H and O–H groups in total. The number of nitrogens with zero attached hydrogens (tertiary/aromatic N) is 2. The molecule has 0 radical (unpaired) electrons. The molecule has 1 rings (SSSR count). The SMILES string of the molecule is O=C(O)/C(N=Nc1cccc(C(F)(F)F)c1)=C(/O)C(F)(F)F. The molecule has 0 atom stereocenters. The van der Waals surface area contributed by atoms with Gasteiger partial charge in [-0.3, -0.25) is 0 Å². The molecule has 0 amide bonds. The van der Waals surface area contributed by atoms with Crippen LogP contribution in [0, 0.1) is 0 Å². The lowest BCUT2D eigenvalue weighted by atomic mass is 10.2. The Labute approximate surface area is 118 Å². The molecule has 0 saturated carbocycles. The predicted octanol–water partition coefficient (Wildman–Crippen LogP) is 4.21. The van der Waals surface area contributed by atoms with E-state index in [0.717, 1.165) is 12.1 Å². The number of benzene rings is 1. The molecular formula is C11H6F6N2O3. The minimum atomic E-state index is -5.39. The molecule has 0 aliphatic heterocycles. The van der Waals surface area contributed by atoms with Crippen LogP contribution in [0.25, 0.3) is 0 Å². The molecule has 0 aliphatic carbocycles. The van der Waals surface area contributed by atoms with Crippen molar-refractivity contribution >= 4 is 11.7 Å². The monoisotopic (exact) mass is 328 g/mol. The standard InChI is InChI=1S/C11H6F6N2O3/c12-10(13,14)5-2-1-3-6(4-5)18-19-7(9(21)22)8(20)11(15,16)17/h1-4,20H,(H,21,22)/b8-7-,19-18?. The van der Waals surface area contributed by atoms with Gasteiger partial charge >= 0.3 is 18.3 Å². The van der Waals surface area contributed by atoms with Gasteiger partial charge in [-0.2, -0.15) is 31.5 Å². The van der Waals surface area contributed by atoms with Crippen molar-refractivity contribution in [2.24, 2.45) is 10.2 Å². The lowest BCUT2D eigenvalue weighted by Gasteiger charge is -2.07. The summed E-state index contributed by atoms with van der Waals surface area (Å²) < 4.78 is 73.8. The molecule has 0 spiro atoms. The normalized spacial score (nSPS) is 14.1. The maximum absolute atomic E-state index is 12.4. The smallest absolute Gasteiger partial charge is 0.451 e. The second-order valence-electron chi connectivity index (χ2n) is 3.75. The van der Waals surface area contributed by atoms with Crippen molar-refractivity contribution in [1.29, 1.82) is 0 Å². The Balaban J connectivity index is 3.22. The number of allylic oxidation sites excluding steroid dienone is 1. The Morgan fingerprint density at radius 2 is 1.64 bits per heavy atom. The first-order valence-corrected chi connectivity index (χ1v) is 5.25. The zero-order valence-corrected chi connectivity index (χ0v) is 10.3. The minimum absolute atomic E-state index is 0.452. The molecule has 120 valence electrons. The van der Waals surface area contributed by atoms with E-state index in [2.05, 4.69) is 10.2 Å². The number of alkyl halides is 6. The van der Waals surface area contributed by atoms with Crippen LogP contribution in [0.3, 0.4) is 0 Å². The van der Waals surface area contributed by atoms with Crippen LogP contribution in [-0.4, -0.2) is 22.4 Å². The number of aliphatic carboxylic acids is 1. The topological polar surface area (TPSA) is 82.2 Å². The van der Waals surface area contributed by atoms with Gasteiger partial charge in [-0.05, 0) is 18.2 Å². The summed E-state index contributed by atoms with van der Waals surface area (Å²) in [5, 5.41) is 22.8. The van der Waals surface area contributed by atoms with Crippen molar-refractivity contribution < 1.29 is 41.4 Å². The van der Waals surface area contributed by atoms with Gasteiger partial charge in [0.2, 0.25) is 11.5 Å². The summed E-state index contributed by atoms with van der Waals surface area (Å²) in [7, 11) is 0. The molecule has 1 aromatic carbocycles. The lowest BCUT2D eigenvalue weighted by Crippen LogP contribution is -2.16. The largest absolute Gasteiger partial charge is 0.502 e. The van der Waals surface area contributed by atoms with E-state index in [1.165, 1.54) is 0 Å². The zero-order chi connectivity index (χ0) is 17.1. The second kappa shape index (κ2) is 6.03. The van der Waals surface area contributed by atoms with Crippen molar-refractivity contribution in [2.45, 2.75) is 12.4 Å². The molecule has 0 unspecified atom stereocenters. The Morgan fingerprint density at radius 1 is 1.05 bits per heavy atom. The van der Waals surface area contributed by atoms with Gasteiger partial charge < -0.3 is 10.2 Å². The first-order valence-electron chi connectivity index (χ1n) is 5.25. The fraction of sp³-hybridized carbons (Fsp3) is 0.182. The molecular weight excluding hydrogens is 322 g/mol. The van der Waals surface area contributed by atoms with Gasteiger partial charge in [0.25, 0.3) is 0 Å². The van der Waals surface area contributed by atoms with Crippen LogP contribution in [0.4, 0.5) is 32.0 Å². The number of rotatable bonds is 3. The Kier molecular flexibility index (Phi) is 4.79. The van der Waals surface area contributed by atoms with E-state index in [1.54, 1.807) is 0 Å². The quantitative estimate of drug-likeness (QED) is 0.377. The van der Waals surface area contributed by atoms with Gasteiger partial charge in [-0.1, -0.05) is 6.07 Å². The summed E-state index contributed by atoms with van der Waals surface area (Å²) in [6.07, 6.45) is -10.1. The minimum Gasteiger partial charge on any atom is -0.502 e. The predicted molar refractivity (Wildman–Crippen MR) is 59.3 cm³/mol. The molecule has 1 aromatic rings. The first kappa shape index (κ1) is 17.5. The molecule has 0 aromatic heterocycles. The van der Waals surface area contributed by atoms with E-state index < -0.39 is 41.0 Å². The Hall–Kier alpha value is -2.59. The maximum atomic E-state index is 12.4. The lowest BCUT2D eigenvalue weighted by molar-refractivity contribution is -0.138. The number of carboxylic acid groups (broad SMARTS) is 1. The number of azo groups is 1. The van der Waals surface area contributed by atoms with Gasteiger partial charge in [-0.25, -0.2) is 4.79 Å². The third-order valence-corrected chi connectivity index (χ3v) is 2.13. The number of halogens is 6. The van der Waals surface area contributed by atoms with Crippen LogP contribution < -0.4 is 0 Å². The highest BCUT2D eigenvalue weighted by atomic mass is 19.4. The number of carbonyl (C=O) groups is 1. The van der Waals surface area contributed by atoms with Gasteiger partial charge in [0.15, 0.2) is 0 Å². The molecule has 0 heterocycles. The number of aliphatic hydroxyl groups excluding tert-OH is 1. The highest BCUT2D eigenvalue weighted by Crippen LogP contribution is 2.32. The highest BCUT2D eigenvalue weighted by Gasteiger charge is 2.39. The summed E-state index contributed by atoms with van der Waals surface area (Å²) >= 11 is 0. The highest BCUT2D eigenvalue weighted by molar-refractivity contribution is 5.86. The van der Waals surface area contributed by atoms with Crippen LogP contribution in [0.1, 0.15) is 5.56 Å². The number of aliphatic hydroxyl groups is 1. The second-order valence-corrected chi connectivity index (χ2v) is 3.75. The third-order valence-electron chi connectivity index (χ3n) is 2.13. The molecule has 0 bridgehead atoms. The summed E-state index contributed by atoms with van der Waals surface area (Å²) in [6.45, 7) is 0. The van der Waals surface area contributed by atoms with E-state index in [4.69, 9.17) is 10.2 Å². The summed E-state index contributed by atoms with van der Waals surface area (Å²) in [6, 6.07) is 3.00. The number of hydrogen-bond acceptors (Lipinski definition) is 4. The summed E-state index contributed by atoms with van der Waals surface area (Å²) in [4.78, 5) is 10.6. The van der Waals surface area contributed by atoms with Crippen LogP contribution in [0.5, 0.6) is 0 Å². The van der Waals surface area contributed by atoms with Crippen molar-refractivity contribution in [3.63, 3.8) is 0 Å². The fourth-order valence-electron chi connectivity index (χ4n) is 1.18. The van der Waals surface area contributed by atoms with E-state index in [1.807, 2.05) is 0 Å². The fourth-order valence-corrected chi connectivity index (χ4v) is 1.18. The van der Waals surface area contributed by atoms with E-state index in [9.17, 15) is 31.1 Å². The molecule has 5 nitrogen and oxygen atoms in total. The van der Waals surface area contributed by atoms with Crippen molar-refractivity contribution in [2.75, 3.05) is 0 Å². The molecule has 22 heavy (non-hydrogen) atoms. The Bertz CT molecular complexity index is 633. The van der Waals surface area contributed by atoms with Gasteiger partial charge in [0, 0.05) is 0 Å². The zero-order valence-electron chi connectivity index (χ0n) is 10.3. The molecule has 11 heteroatoms. The molecule has 0 aliphatic rings. The van der Waals surface area contributed by atoms with Gasteiger partial charge in [0.1, 0.15) is 0 Å². The van der Waals surface area contributed by atoms with Gasteiger partial charge in [-0.15, -0.1) is 5.11 Å². The summed E-state index contributed by atoms with van der Waals surface area (Å²) in [5.74, 6) is -4.76. The van der Waals surface area contributed by atoms with E-state index in [-0.39, 0.29) is 0 Å². The summed E-state index contributed by atoms with van der Waals surface area (Å²) in [5.41, 5.74) is -3.53. The average molecular weight is 328 g/mol. The van der Waals surface area contributed by atoms with Crippen LogP contribution in [0.15, 0.2) is 46.0 Å². The van der Waals surface area contributed by atoms with Crippen molar-refractivity contribution in [3.05, 3.63) is 41.3 Å². The molecule has 0 fully saturated rings. The van der Waals surface area contributed by atoms with Crippen LogP contribution in [-0.2, 0) is 11.0 Å². The average Bonchev–Trinajstić information content (AvgIpc) is 2.36. The van der Waals surface area contributed by atoms with Crippen molar-refractivity contribution in [1.82, 2.24) is 0 Å². The maximum Gasteiger partial charge on any atom is 0.451 e. The third kappa shape index (κ3) is 4.46. The first-order chi connectivity index (χ1) is 9.93. The van der Waals surface area contributed by atoms with Gasteiger partial charge in [0.05, 0.1) is 11.3 Å². The Morgan fingerprint density at radius 3 is 2.09 bits per heavy atom. The van der Waals surface area contributed by atoms with Crippen molar-refractivity contribution in [3.8, 4) is 0 Å². The number of carboxylic acids is 1. The van der Waals surface area contributed by atoms with Crippen LogP contribution >= 0.6 is 0 Å². The number of hydrogen-bond donors (Lipinski definition) is 2.